The largest absolute Gasteiger partial charge is 0.316 e. The molecule has 1 N–H and O–H groups in total. The SMILES string of the molecule is CC[C@]12CC3CC(C(=O)CC4CCNCC4(C)C)(C1)C[C@@](c1ccccc1)(C3)C2. The first-order valence-electron chi connectivity index (χ1n) is 12.1. The van der Waals surface area contributed by atoms with Crippen molar-refractivity contribution in [2.75, 3.05) is 13.1 Å². The summed E-state index contributed by atoms with van der Waals surface area (Å²) in [6, 6.07) is 11.3. The Morgan fingerprint density at radius 3 is 2.59 bits per heavy atom. The second kappa shape index (κ2) is 6.67. The first-order valence-corrected chi connectivity index (χ1v) is 12.1. The first-order chi connectivity index (χ1) is 13.8. The molecule has 2 heteroatoms. The van der Waals surface area contributed by atoms with Crippen LogP contribution in [0.5, 0.6) is 0 Å². The second-order valence-electron chi connectivity index (χ2n) is 12.1. The Balaban J connectivity index is 1.48. The highest BCUT2D eigenvalue weighted by Gasteiger charge is 2.65. The van der Waals surface area contributed by atoms with Crippen LogP contribution in [0.25, 0.3) is 0 Å². The number of benzene rings is 1. The zero-order valence-electron chi connectivity index (χ0n) is 18.7. The van der Waals surface area contributed by atoms with E-state index in [9.17, 15) is 4.79 Å². The maximum Gasteiger partial charge on any atom is 0.139 e. The second-order valence-corrected chi connectivity index (χ2v) is 12.1. The summed E-state index contributed by atoms with van der Waals surface area (Å²) in [7, 11) is 0. The van der Waals surface area contributed by atoms with Gasteiger partial charge < -0.3 is 5.32 Å². The van der Waals surface area contributed by atoms with E-state index >= 15 is 0 Å². The number of nitrogens with one attached hydrogen (secondary N) is 1. The molecule has 4 aliphatic carbocycles. The molecule has 5 fully saturated rings. The smallest absolute Gasteiger partial charge is 0.139 e. The average Bonchev–Trinajstić information content (AvgIpc) is 2.69. The molecular formula is C27H39NO. The van der Waals surface area contributed by atoms with Crippen molar-refractivity contribution in [3.05, 3.63) is 35.9 Å². The fraction of sp³-hybridized carbons (Fsp3) is 0.741. The van der Waals surface area contributed by atoms with Crippen LogP contribution in [0.15, 0.2) is 30.3 Å². The maximum atomic E-state index is 14.1. The van der Waals surface area contributed by atoms with E-state index in [2.05, 4.69) is 56.4 Å². The molecule has 5 aliphatic rings. The van der Waals surface area contributed by atoms with Crippen molar-refractivity contribution in [2.24, 2.45) is 28.1 Å². The van der Waals surface area contributed by atoms with E-state index in [4.69, 9.17) is 0 Å². The lowest BCUT2D eigenvalue weighted by molar-refractivity contribution is -0.163. The third-order valence-corrected chi connectivity index (χ3v) is 9.70. The van der Waals surface area contributed by atoms with E-state index in [0.29, 0.717) is 17.1 Å². The van der Waals surface area contributed by atoms with E-state index in [1.54, 1.807) is 0 Å². The number of hydrogen-bond acceptors (Lipinski definition) is 2. The monoisotopic (exact) mass is 393 g/mol. The summed E-state index contributed by atoms with van der Waals surface area (Å²) in [6.07, 6.45) is 10.7. The van der Waals surface area contributed by atoms with Crippen LogP contribution >= 0.6 is 0 Å². The summed E-state index contributed by atoms with van der Waals surface area (Å²) in [4.78, 5) is 14.1. The maximum absolute atomic E-state index is 14.1. The normalized spacial score (nSPS) is 42.7. The highest BCUT2D eigenvalue weighted by molar-refractivity contribution is 5.86. The number of rotatable bonds is 5. The average molecular weight is 394 g/mol. The van der Waals surface area contributed by atoms with Gasteiger partial charge in [-0.15, -0.1) is 0 Å². The van der Waals surface area contributed by atoms with Crippen molar-refractivity contribution in [3.63, 3.8) is 0 Å². The third kappa shape index (κ3) is 3.12. The lowest BCUT2D eigenvalue weighted by Crippen LogP contribution is -2.61. The van der Waals surface area contributed by atoms with E-state index in [-0.39, 0.29) is 16.2 Å². The predicted molar refractivity (Wildman–Crippen MR) is 119 cm³/mol. The lowest BCUT2D eigenvalue weighted by atomic mass is 9.37. The van der Waals surface area contributed by atoms with Crippen LogP contribution in [0.2, 0.25) is 0 Å². The molecule has 1 aliphatic heterocycles. The van der Waals surface area contributed by atoms with Gasteiger partial charge in [0.25, 0.3) is 0 Å². The predicted octanol–water partition coefficient (Wildman–Crippen LogP) is 5.90. The van der Waals surface area contributed by atoms with E-state index < -0.39 is 0 Å². The van der Waals surface area contributed by atoms with Crippen LogP contribution in [0, 0.1) is 28.1 Å². The molecule has 1 saturated heterocycles. The zero-order chi connectivity index (χ0) is 20.3. The van der Waals surface area contributed by atoms with Crippen LogP contribution in [0.1, 0.15) is 84.1 Å². The molecule has 2 nitrogen and oxygen atoms in total. The summed E-state index contributed by atoms with van der Waals surface area (Å²) in [6.45, 7) is 9.22. The highest BCUT2D eigenvalue weighted by Crippen LogP contribution is 2.71. The van der Waals surface area contributed by atoms with Gasteiger partial charge in [0.05, 0.1) is 0 Å². The number of carbonyl (C=O) groups excluding carboxylic acids is 1. The number of piperidine rings is 1. The van der Waals surface area contributed by atoms with Gasteiger partial charge in [0.15, 0.2) is 0 Å². The molecule has 0 amide bonds. The summed E-state index contributed by atoms with van der Waals surface area (Å²) < 4.78 is 0. The van der Waals surface area contributed by atoms with E-state index in [1.165, 1.54) is 44.1 Å². The van der Waals surface area contributed by atoms with Gasteiger partial charge >= 0.3 is 0 Å². The molecule has 6 rings (SSSR count). The van der Waals surface area contributed by atoms with Gasteiger partial charge in [-0.1, -0.05) is 57.5 Å². The van der Waals surface area contributed by atoms with Gasteiger partial charge in [0.1, 0.15) is 5.78 Å². The molecule has 0 aromatic heterocycles. The van der Waals surface area contributed by atoms with Gasteiger partial charge in [-0.2, -0.15) is 0 Å². The van der Waals surface area contributed by atoms with Gasteiger partial charge in [0.2, 0.25) is 0 Å². The fourth-order valence-electron chi connectivity index (χ4n) is 8.50. The Bertz CT molecular complexity index is 785. The van der Waals surface area contributed by atoms with Crippen molar-refractivity contribution < 1.29 is 4.79 Å². The standard InChI is InChI=1S/C27H39NO/c1-4-25-13-20-14-26(16-25,21-8-6-5-7-9-21)18-27(15-20,17-25)23(29)12-22-10-11-28-19-24(22,2)3/h5-9,20,22,28H,4,10-19H2,1-3H3/t20?,22?,25-,26-,27?/m1/s1. The molecule has 5 atom stereocenters. The molecule has 29 heavy (non-hydrogen) atoms. The Kier molecular flexibility index (Phi) is 4.55. The molecule has 4 saturated carbocycles. The Morgan fingerprint density at radius 1 is 1.07 bits per heavy atom. The Labute approximate surface area is 177 Å². The molecule has 3 unspecified atom stereocenters. The highest BCUT2D eigenvalue weighted by atomic mass is 16.1. The van der Waals surface area contributed by atoms with Crippen molar-refractivity contribution in [3.8, 4) is 0 Å². The number of hydrogen-bond donors (Lipinski definition) is 1. The molecule has 4 bridgehead atoms. The minimum absolute atomic E-state index is 0.0494. The zero-order valence-corrected chi connectivity index (χ0v) is 18.7. The van der Waals surface area contributed by atoms with Gasteiger partial charge in [-0.05, 0) is 85.1 Å². The van der Waals surface area contributed by atoms with Crippen molar-refractivity contribution in [1.29, 1.82) is 0 Å². The molecular weight excluding hydrogens is 354 g/mol. The van der Waals surface area contributed by atoms with Crippen molar-refractivity contribution in [2.45, 2.75) is 84.0 Å². The summed E-state index contributed by atoms with van der Waals surface area (Å²) in [5.74, 6) is 1.91. The van der Waals surface area contributed by atoms with Crippen LogP contribution in [0.3, 0.4) is 0 Å². The lowest BCUT2D eigenvalue weighted by Gasteiger charge is -2.66. The van der Waals surface area contributed by atoms with Gasteiger partial charge in [0, 0.05) is 18.4 Å². The third-order valence-electron chi connectivity index (χ3n) is 9.70. The molecule has 0 radical (unpaired) electrons. The molecule has 1 aromatic rings. The van der Waals surface area contributed by atoms with E-state index in [0.717, 1.165) is 38.3 Å². The molecule has 1 heterocycles. The summed E-state index contributed by atoms with van der Waals surface area (Å²) in [5.41, 5.74) is 2.34. The molecule has 0 spiro atoms. The van der Waals surface area contributed by atoms with Gasteiger partial charge in [-0.25, -0.2) is 0 Å². The number of ketones is 1. The number of carbonyl (C=O) groups is 1. The minimum atomic E-state index is -0.0494. The van der Waals surface area contributed by atoms with Crippen LogP contribution in [0.4, 0.5) is 0 Å². The molecule has 1 aromatic carbocycles. The van der Waals surface area contributed by atoms with Crippen LogP contribution in [-0.2, 0) is 10.2 Å². The Morgan fingerprint density at radius 2 is 1.86 bits per heavy atom. The topological polar surface area (TPSA) is 29.1 Å². The minimum Gasteiger partial charge on any atom is -0.316 e. The van der Waals surface area contributed by atoms with Gasteiger partial charge in [-0.3, -0.25) is 4.79 Å². The van der Waals surface area contributed by atoms with Crippen LogP contribution < -0.4 is 5.32 Å². The molecule has 158 valence electrons. The quantitative estimate of drug-likeness (QED) is 0.675. The van der Waals surface area contributed by atoms with E-state index in [1.807, 2.05) is 0 Å². The number of Topliss-reactive ketones (excluding diaryl/α,β-unsaturated/α-hetero) is 1. The van der Waals surface area contributed by atoms with Crippen molar-refractivity contribution in [1.82, 2.24) is 5.32 Å². The van der Waals surface area contributed by atoms with Crippen LogP contribution in [-0.4, -0.2) is 18.9 Å². The van der Waals surface area contributed by atoms with Crippen molar-refractivity contribution >= 4 is 5.78 Å². The first kappa shape index (κ1) is 19.8. The fourth-order valence-corrected chi connectivity index (χ4v) is 8.50. The Hall–Kier alpha value is -1.15. The summed E-state index contributed by atoms with van der Waals surface area (Å²) >= 11 is 0. The summed E-state index contributed by atoms with van der Waals surface area (Å²) in [5, 5.41) is 3.55.